The first-order chi connectivity index (χ1) is 8.15. The molecule has 0 aromatic heterocycles. The number of hydrogen-bond donors (Lipinski definition) is 1. The molecule has 0 unspecified atom stereocenters. The van der Waals surface area contributed by atoms with Crippen LogP contribution in [0.15, 0.2) is 22.7 Å². The second kappa shape index (κ2) is 7.72. The molecule has 1 aromatic carbocycles. The first-order valence-corrected chi connectivity index (χ1v) is 7.06. The lowest BCUT2D eigenvalue weighted by atomic mass is 10.0. The molecule has 0 amide bonds. The summed E-state index contributed by atoms with van der Waals surface area (Å²) in [6, 6.07) is 6.21. The number of nitrogens with two attached hydrogens (primary N) is 1. The number of unbranched alkanes of at least 4 members (excludes halogenated alkanes) is 2. The molecule has 0 saturated carbocycles. The van der Waals surface area contributed by atoms with Gasteiger partial charge in [0.05, 0.1) is 6.61 Å². The zero-order valence-electron chi connectivity index (χ0n) is 10.7. The van der Waals surface area contributed by atoms with Crippen molar-refractivity contribution in [3.8, 4) is 5.75 Å². The number of rotatable bonds is 7. The molecule has 17 heavy (non-hydrogen) atoms. The van der Waals surface area contributed by atoms with Crippen LogP contribution >= 0.6 is 15.9 Å². The second-order valence-electron chi connectivity index (χ2n) is 4.53. The molecule has 0 radical (unpaired) electrons. The van der Waals surface area contributed by atoms with E-state index in [1.54, 1.807) is 0 Å². The maximum absolute atomic E-state index is 5.84. The van der Waals surface area contributed by atoms with Crippen molar-refractivity contribution >= 4 is 15.9 Å². The molecule has 0 heterocycles. The van der Waals surface area contributed by atoms with Crippen LogP contribution in [0.2, 0.25) is 0 Å². The molecule has 0 aliphatic carbocycles. The average molecular weight is 300 g/mol. The molecule has 2 nitrogen and oxygen atoms in total. The highest BCUT2D eigenvalue weighted by molar-refractivity contribution is 9.10. The van der Waals surface area contributed by atoms with Crippen LogP contribution in [0.25, 0.3) is 0 Å². The van der Waals surface area contributed by atoms with Crippen molar-refractivity contribution in [3.05, 3.63) is 28.2 Å². The number of benzene rings is 1. The number of hydrogen-bond acceptors (Lipinski definition) is 2. The Labute approximate surface area is 113 Å². The second-order valence-corrected chi connectivity index (χ2v) is 5.45. The maximum atomic E-state index is 5.84. The Hall–Kier alpha value is -0.540. The predicted molar refractivity (Wildman–Crippen MR) is 76.6 cm³/mol. The molecule has 2 N–H and O–H groups in total. The van der Waals surface area contributed by atoms with Crippen molar-refractivity contribution in [2.75, 3.05) is 13.2 Å². The van der Waals surface area contributed by atoms with Crippen molar-refractivity contribution in [2.24, 2.45) is 5.73 Å². The first-order valence-electron chi connectivity index (χ1n) is 6.27. The third kappa shape index (κ3) is 5.09. The summed E-state index contributed by atoms with van der Waals surface area (Å²) in [6.45, 7) is 5.92. The van der Waals surface area contributed by atoms with Gasteiger partial charge in [-0.1, -0.05) is 29.8 Å². The molecule has 0 atom stereocenters. The third-order valence-electron chi connectivity index (χ3n) is 2.70. The van der Waals surface area contributed by atoms with Crippen molar-refractivity contribution in [1.82, 2.24) is 0 Å². The molecule has 96 valence electrons. The summed E-state index contributed by atoms with van der Waals surface area (Å²) in [7, 11) is 0. The van der Waals surface area contributed by atoms with Crippen molar-refractivity contribution in [1.29, 1.82) is 0 Å². The normalized spacial score (nSPS) is 10.9. The van der Waals surface area contributed by atoms with E-state index in [9.17, 15) is 0 Å². The molecule has 0 fully saturated rings. The van der Waals surface area contributed by atoms with Crippen LogP contribution in [-0.4, -0.2) is 13.2 Å². The Bertz CT molecular complexity index is 339. The van der Waals surface area contributed by atoms with Crippen LogP contribution in [0.1, 0.15) is 44.6 Å². The van der Waals surface area contributed by atoms with Gasteiger partial charge in [-0.25, -0.2) is 0 Å². The molecule has 0 bridgehead atoms. The van der Waals surface area contributed by atoms with Gasteiger partial charge in [0.1, 0.15) is 5.75 Å². The van der Waals surface area contributed by atoms with E-state index in [0.29, 0.717) is 5.92 Å². The quantitative estimate of drug-likeness (QED) is 0.770. The minimum atomic E-state index is 0.478. The van der Waals surface area contributed by atoms with E-state index in [1.165, 1.54) is 5.56 Å². The van der Waals surface area contributed by atoms with Gasteiger partial charge in [0.25, 0.3) is 0 Å². The first kappa shape index (κ1) is 14.5. The predicted octanol–water partition coefficient (Wildman–Crippen LogP) is 4.08. The largest absolute Gasteiger partial charge is 0.493 e. The fraction of sp³-hybridized carbons (Fsp3) is 0.571. The van der Waals surface area contributed by atoms with Crippen LogP contribution in [-0.2, 0) is 0 Å². The summed E-state index contributed by atoms with van der Waals surface area (Å²) in [5.74, 6) is 1.49. The topological polar surface area (TPSA) is 35.2 Å². The Morgan fingerprint density at radius 1 is 1.24 bits per heavy atom. The minimum absolute atomic E-state index is 0.478. The van der Waals surface area contributed by atoms with Crippen molar-refractivity contribution < 1.29 is 4.74 Å². The zero-order valence-corrected chi connectivity index (χ0v) is 12.3. The van der Waals surface area contributed by atoms with Gasteiger partial charge in [-0.15, -0.1) is 0 Å². The Morgan fingerprint density at radius 3 is 2.65 bits per heavy atom. The van der Waals surface area contributed by atoms with Crippen LogP contribution in [0, 0.1) is 0 Å². The minimum Gasteiger partial charge on any atom is -0.493 e. The standard InChI is InChI=1S/C14H22BrNO/c1-11(2)13-10-12(15)6-7-14(13)17-9-5-3-4-8-16/h6-7,10-11H,3-5,8-9,16H2,1-2H3. The molecule has 0 spiro atoms. The van der Waals surface area contributed by atoms with Gasteiger partial charge >= 0.3 is 0 Å². The van der Waals surface area contributed by atoms with Gasteiger partial charge in [0.2, 0.25) is 0 Å². The van der Waals surface area contributed by atoms with Gasteiger partial charge in [-0.3, -0.25) is 0 Å². The van der Waals surface area contributed by atoms with E-state index in [-0.39, 0.29) is 0 Å². The molecule has 0 saturated heterocycles. The fourth-order valence-corrected chi connectivity index (χ4v) is 2.09. The highest BCUT2D eigenvalue weighted by atomic mass is 79.9. The summed E-state index contributed by atoms with van der Waals surface area (Å²) in [5.41, 5.74) is 6.72. The number of halogens is 1. The van der Waals surface area contributed by atoms with Gasteiger partial charge in [0.15, 0.2) is 0 Å². The Balaban J connectivity index is 2.52. The molecule has 1 aromatic rings. The highest BCUT2D eigenvalue weighted by Crippen LogP contribution is 2.29. The van der Waals surface area contributed by atoms with Crippen molar-refractivity contribution in [3.63, 3.8) is 0 Å². The van der Waals surface area contributed by atoms with E-state index in [2.05, 4.69) is 35.8 Å². The lowest BCUT2D eigenvalue weighted by molar-refractivity contribution is 0.301. The van der Waals surface area contributed by atoms with E-state index < -0.39 is 0 Å². The monoisotopic (exact) mass is 299 g/mol. The highest BCUT2D eigenvalue weighted by Gasteiger charge is 2.08. The molecule has 0 aliphatic rings. The van der Waals surface area contributed by atoms with Gasteiger partial charge in [0, 0.05) is 4.47 Å². The fourth-order valence-electron chi connectivity index (χ4n) is 1.71. The third-order valence-corrected chi connectivity index (χ3v) is 3.19. The van der Waals surface area contributed by atoms with E-state index in [1.807, 2.05) is 12.1 Å². The van der Waals surface area contributed by atoms with Gasteiger partial charge in [-0.05, 0) is 55.5 Å². The van der Waals surface area contributed by atoms with Gasteiger partial charge < -0.3 is 10.5 Å². The smallest absolute Gasteiger partial charge is 0.122 e. The molecule has 3 heteroatoms. The summed E-state index contributed by atoms with van der Waals surface area (Å²) < 4.78 is 6.95. The molecule has 0 aliphatic heterocycles. The maximum Gasteiger partial charge on any atom is 0.122 e. The van der Waals surface area contributed by atoms with Crippen LogP contribution in [0.3, 0.4) is 0 Å². The summed E-state index contributed by atoms with van der Waals surface area (Å²) in [4.78, 5) is 0. The van der Waals surface area contributed by atoms with Crippen LogP contribution in [0.5, 0.6) is 5.75 Å². The van der Waals surface area contributed by atoms with E-state index in [0.717, 1.165) is 42.6 Å². The molecule has 1 rings (SSSR count). The summed E-state index contributed by atoms with van der Waals surface area (Å²) in [5, 5.41) is 0. The van der Waals surface area contributed by atoms with E-state index >= 15 is 0 Å². The summed E-state index contributed by atoms with van der Waals surface area (Å²) in [6.07, 6.45) is 3.30. The summed E-state index contributed by atoms with van der Waals surface area (Å²) >= 11 is 3.50. The van der Waals surface area contributed by atoms with E-state index in [4.69, 9.17) is 10.5 Å². The molecular weight excluding hydrogens is 278 g/mol. The van der Waals surface area contributed by atoms with Crippen LogP contribution < -0.4 is 10.5 Å². The SMILES string of the molecule is CC(C)c1cc(Br)ccc1OCCCCCN. The lowest BCUT2D eigenvalue weighted by Gasteiger charge is -2.14. The van der Waals surface area contributed by atoms with Crippen molar-refractivity contribution in [2.45, 2.75) is 39.0 Å². The Morgan fingerprint density at radius 2 is 2.00 bits per heavy atom. The zero-order chi connectivity index (χ0) is 12.7. The van der Waals surface area contributed by atoms with Crippen LogP contribution in [0.4, 0.5) is 0 Å². The number of ether oxygens (including phenoxy) is 1. The average Bonchev–Trinajstić information content (AvgIpc) is 2.30. The lowest BCUT2D eigenvalue weighted by Crippen LogP contribution is -2.03. The Kier molecular flexibility index (Phi) is 6.60. The van der Waals surface area contributed by atoms with Gasteiger partial charge in [-0.2, -0.15) is 0 Å². The molecular formula is C14H22BrNO.